The number of rotatable bonds is 5. The van der Waals surface area contributed by atoms with Crippen molar-refractivity contribution in [2.75, 3.05) is 4.90 Å². The third-order valence-corrected chi connectivity index (χ3v) is 14.5. The normalized spacial score (nSPS) is 12.6. The minimum absolute atomic E-state index is 0.0860. The Bertz CT molecular complexity index is 3290. The SMILES string of the molecule is c1ccc(N(c2ccccc2)c2cc3c4c(c2)Oc2cc(-c5cccc6sc7ccccc7c56)ccc2B4c2ccc(-c4cccc5sc6ccccc6c45)cc2O3)cc1. The summed E-state index contributed by atoms with van der Waals surface area (Å²) >= 11 is 3.70. The summed E-state index contributed by atoms with van der Waals surface area (Å²) in [5.74, 6) is 3.33. The lowest BCUT2D eigenvalue weighted by Gasteiger charge is -2.35. The zero-order valence-corrected chi connectivity index (χ0v) is 33.8. The molecule has 0 amide bonds. The Morgan fingerprint density at radius 3 is 1.32 bits per heavy atom. The molecule has 3 nitrogen and oxygen atoms in total. The second-order valence-corrected chi connectivity index (χ2v) is 17.7. The van der Waals surface area contributed by atoms with Gasteiger partial charge in [0.15, 0.2) is 0 Å². The molecule has 11 aromatic rings. The maximum absolute atomic E-state index is 7.12. The molecule has 6 heteroatoms. The summed E-state index contributed by atoms with van der Waals surface area (Å²) in [6, 6.07) is 69.8. The number of para-hydroxylation sites is 2. The Labute approximate surface area is 355 Å². The van der Waals surface area contributed by atoms with E-state index >= 15 is 0 Å². The molecule has 0 saturated heterocycles. The van der Waals surface area contributed by atoms with E-state index in [2.05, 4.69) is 199 Å². The van der Waals surface area contributed by atoms with Gasteiger partial charge in [0.1, 0.15) is 23.0 Å². The molecule has 0 radical (unpaired) electrons. The van der Waals surface area contributed by atoms with Gasteiger partial charge in [0, 0.05) is 69.3 Å². The average molecular weight is 802 g/mol. The summed E-state index contributed by atoms with van der Waals surface area (Å²) in [5, 5.41) is 5.15. The molecule has 0 fully saturated rings. The molecule has 2 aromatic heterocycles. The van der Waals surface area contributed by atoms with Crippen LogP contribution < -0.4 is 30.8 Å². The van der Waals surface area contributed by atoms with E-state index in [1.54, 1.807) is 0 Å². The topological polar surface area (TPSA) is 21.7 Å². The van der Waals surface area contributed by atoms with Crippen LogP contribution in [0.3, 0.4) is 0 Å². The van der Waals surface area contributed by atoms with Crippen molar-refractivity contribution in [3.63, 3.8) is 0 Å². The summed E-state index contributed by atoms with van der Waals surface area (Å²) < 4.78 is 19.4. The van der Waals surface area contributed by atoms with E-state index in [0.717, 1.165) is 67.6 Å². The Morgan fingerprint density at radius 2 is 0.817 bits per heavy atom. The Kier molecular flexibility index (Phi) is 7.44. The zero-order chi connectivity index (χ0) is 39.3. The Hall–Kier alpha value is -7.12. The van der Waals surface area contributed by atoms with Gasteiger partial charge in [-0.3, -0.25) is 0 Å². The first-order valence-corrected chi connectivity index (χ1v) is 21.9. The molecule has 2 aliphatic heterocycles. The van der Waals surface area contributed by atoms with Crippen LogP contribution in [-0.4, -0.2) is 6.71 Å². The highest BCUT2D eigenvalue weighted by Crippen LogP contribution is 2.46. The monoisotopic (exact) mass is 801 g/mol. The number of benzene rings is 9. The van der Waals surface area contributed by atoms with Crippen molar-refractivity contribution >= 4 is 103 Å². The van der Waals surface area contributed by atoms with Gasteiger partial charge in [-0.1, -0.05) is 121 Å². The van der Waals surface area contributed by atoms with Crippen LogP contribution >= 0.6 is 22.7 Å². The quantitative estimate of drug-likeness (QED) is 0.162. The summed E-state index contributed by atoms with van der Waals surface area (Å²) in [5.41, 5.74) is 11.1. The lowest BCUT2D eigenvalue weighted by molar-refractivity contribution is 0.465. The molecule has 2 aliphatic rings. The van der Waals surface area contributed by atoms with E-state index in [1.165, 1.54) is 51.5 Å². The number of nitrogens with zero attached hydrogens (tertiary/aromatic N) is 1. The van der Waals surface area contributed by atoms with Crippen molar-refractivity contribution in [3.05, 3.63) is 194 Å². The van der Waals surface area contributed by atoms with Crippen molar-refractivity contribution in [1.29, 1.82) is 0 Å². The average Bonchev–Trinajstić information content (AvgIpc) is 3.88. The molecule has 0 bridgehead atoms. The van der Waals surface area contributed by atoms with E-state index in [4.69, 9.17) is 9.47 Å². The molecule has 13 rings (SSSR count). The van der Waals surface area contributed by atoms with Crippen LogP contribution in [0.4, 0.5) is 17.1 Å². The predicted molar refractivity (Wildman–Crippen MR) is 255 cm³/mol. The number of anilines is 3. The van der Waals surface area contributed by atoms with Crippen molar-refractivity contribution in [3.8, 4) is 45.3 Å². The van der Waals surface area contributed by atoms with Crippen LogP contribution in [0.1, 0.15) is 0 Å². The van der Waals surface area contributed by atoms with Crippen molar-refractivity contribution < 1.29 is 9.47 Å². The zero-order valence-electron chi connectivity index (χ0n) is 32.1. The molecule has 4 heterocycles. The Morgan fingerprint density at radius 1 is 0.367 bits per heavy atom. The first-order chi connectivity index (χ1) is 29.7. The third kappa shape index (κ3) is 5.14. The van der Waals surface area contributed by atoms with E-state index in [-0.39, 0.29) is 6.71 Å². The van der Waals surface area contributed by atoms with Gasteiger partial charge in [-0.05, 0) is 93.8 Å². The number of ether oxygens (including phenoxy) is 2. The van der Waals surface area contributed by atoms with Gasteiger partial charge in [-0.25, -0.2) is 0 Å². The van der Waals surface area contributed by atoms with E-state index < -0.39 is 0 Å². The largest absolute Gasteiger partial charge is 0.458 e. The molecule has 0 saturated carbocycles. The predicted octanol–water partition coefficient (Wildman–Crippen LogP) is 14.0. The van der Waals surface area contributed by atoms with Crippen LogP contribution in [0.5, 0.6) is 23.0 Å². The first kappa shape index (κ1) is 33.8. The minimum atomic E-state index is -0.0860. The maximum atomic E-state index is 7.12. The smallest absolute Gasteiger partial charge is 0.260 e. The summed E-state index contributed by atoms with van der Waals surface area (Å²) in [6.45, 7) is -0.0860. The number of thiophene rings is 2. The molecular weight excluding hydrogens is 770 g/mol. The van der Waals surface area contributed by atoms with E-state index in [1.807, 2.05) is 22.7 Å². The highest BCUT2D eigenvalue weighted by molar-refractivity contribution is 7.26. The van der Waals surface area contributed by atoms with Crippen LogP contribution in [0.25, 0.3) is 62.6 Å². The molecule has 0 N–H and O–H groups in total. The first-order valence-electron chi connectivity index (χ1n) is 20.3. The van der Waals surface area contributed by atoms with Crippen LogP contribution in [0.15, 0.2) is 194 Å². The van der Waals surface area contributed by atoms with Crippen molar-refractivity contribution in [2.45, 2.75) is 0 Å². The molecule has 9 aromatic carbocycles. The fourth-order valence-electron chi connectivity index (χ4n) is 9.57. The van der Waals surface area contributed by atoms with E-state index in [0.29, 0.717) is 0 Å². The van der Waals surface area contributed by atoms with Gasteiger partial charge in [0.25, 0.3) is 6.71 Å². The molecule has 0 atom stereocenters. The van der Waals surface area contributed by atoms with E-state index in [9.17, 15) is 0 Å². The minimum Gasteiger partial charge on any atom is -0.458 e. The lowest BCUT2D eigenvalue weighted by Crippen LogP contribution is -2.57. The number of hydrogen-bond acceptors (Lipinski definition) is 5. The second kappa shape index (κ2) is 13.2. The number of fused-ring (bicyclic) bond motifs is 10. The van der Waals surface area contributed by atoms with Crippen LogP contribution in [0.2, 0.25) is 0 Å². The Balaban J connectivity index is 1.02. The van der Waals surface area contributed by atoms with Crippen molar-refractivity contribution in [2.24, 2.45) is 0 Å². The molecule has 60 heavy (non-hydrogen) atoms. The highest BCUT2D eigenvalue weighted by Gasteiger charge is 2.41. The fraction of sp³-hybridized carbons (Fsp3) is 0. The van der Waals surface area contributed by atoms with Gasteiger partial charge in [0.2, 0.25) is 0 Å². The number of hydrogen-bond donors (Lipinski definition) is 0. The standard InChI is InChI=1S/C54H32BNO2S2/c1-3-13-35(14-4-1)56(36-15-5-2-6-16-36)37-31-46-54-47(32-37)58-45-30-34(39-20-12-24-51-53(39)41-18-8-10-22-49(41)60-51)26-28-43(45)55(54)42-27-25-33(29-44(42)57-46)38-19-11-23-50-52(38)40-17-7-9-21-48(40)59-50/h1-32H. The maximum Gasteiger partial charge on any atom is 0.260 e. The molecular formula is C54H32BNO2S2. The van der Waals surface area contributed by atoms with Gasteiger partial charge < -0.3 is 14.4 Å². The molecule has 0 unspecified atom stereocenters. The van der Waals surface area contributed by atoms with Gasteiger partial charge in [0.05, 0.1) is 5.69 Å². The highest BCUT2D eigenvalue weighted by atomic mass is 32.1. The molecule has 0 spiro atoms. The van der Waals surface area contributed by atoms with Crippen LogP contribution in [-0.2, 0) is 0 Å². The second-order valence-electron chi connectivity index (χ2n) is 15.6. The van der Waals surface area contributed by atoms with Crippen molar-refractivity contribution in [1.82, 2.24) is 0 Å². The fourth-order valence-corrected chi connectivity index (χ4v) is 11.8. The van der Waals surface area contributed by atoms with Crippen LogP contribution in [0, 0.1) is 0 Å². The van der Waals surface area contributed by atoms with Gasteiger partial charge in [-0.15, -0.1) is 22.7 Å². The summed E-state index contributed by atoms with van der Waals surface area (Å²) in [7, 11) is 0. The third-order valence-electron chi connectivity index (χ3n) is 12.2. The summed E-state index contributed by atoms with van der Waals surface area (Å²) in [6.07, 6.45) is 0. The van der Waals surface area contributed by atoms with Gasteiger partial charge >= 0.3 is 0 Å². The summed E-state index contributed by atoms with van der Waals surface area (Å²) in [4.78, 5) is 2.28. The van der Waals surface area contributed by atoms with Gasteiger partial charge in [-0.2, -0.15) is 0 Å². The lowest BCUT2D eigenvalue weighted by atomic mass is 9.34. The molecule has 0 aliphatic carbocycles. The molecule has 280 valence electrons.